The lowest BCUT2D eigenvalue weighted by molar-refractivity contribution is -0.137. The molecule has 0 bridgehead atoms. The standard InChI is InChI=1S/C21H17F3N4O4S/c1-11-16(33(32)17-7-6-12(10-27-17)18(25)29)9-15(19(30)26-2)20(31)28(11)14-5-3-4-13(8-14)21(22,23)24/h3-10H,1-2H3,(H2,25,29)(H,26,30). The summed E-state index contributed by atoms with van der Waals surface area (Å²) < 4.78 is 53.8. The molecule has 33 heavy (non-hydrogen) atoms. The average molecular weight is 478 g/mol. The molecule has 0 fully saturated rings. The Kier molecular flexibility index (Phi) is 6.60. The number of pyridine rings is 2. The summed E-state index contributed by atoms with van der Waals surface area (Å²) in [6.45, 7) is 1.39. The summed E-state index contributed by atoms with van der Waals surface area (Å²) in [6, 6.07) is 7.70. The first-order chi connectivity index (χ1) is 15.5. The van der Waals surface area contributed by atoms with Crippen molar-refractivity contribution >= 4 is 23.0 Å². The van der Waals surface area contributed by atoms with Crippen molar-refractivity contribution in [2.24, 2.45) is 5.73 Å². The van der Waals surface area contributed by atoms with Crippen LogP contribution in [0.15, 0.2) is 63.4 Å². The van der Waals surface area contributed by atoms with Crippen molar-refractivity contribution in [2.75, 3.05) is 7.05 Å². The van der Waals surface area contributed by atoms with Gasteiger partial charge in [0.25, 0.3) is 11.5 Å². The topological polar surface area (TPSA) is 130 Å². The van der Waals surface area contributed by atoms with Crippen LogP contribution in [0, 0.1) is 6.92 Å². The second kappa shape index (κ2) is 9.08. The number of rotatable bonds is 5. The first kappa shape index (κ1) is 24.0. The number of halogens is 3. The molecule has 172 valence electrons. The van der Waals surface area contributed by atoms with Gasteiger partial charge in [-0.1, -0.05) is 6.07 Å². The summed E-state index contributed by atoms with van der Waals surface area (Å²) in [5, 5.41) is 2.27. The number of aromatic nitrogens is 2. The Morgan fingerprint density at radius 2 is 1.88 bits per heavy atom. The number of nitrogens with one attached hydrogen (secondary N) is 1. The van der Waals surface area contributed by atoms with E-state index in [9.17, 15) is 32.1 Å². The Morgan fingerprint density at radius 1 is 1.18 bits per heavy atom. The maximum absolute atomic E-state index is 13.2. The quantitative estimate of drug-likeness (QED) is 0.543. The number of carbonyl (C=O) groups excluding carboxylic acids is 2. The van der Waals surface area contributed by atoms with Gasteiger partial charge in [0.05, 0.1) is 16.8 Å². The van der Waals surface area contributed by atoms with Gasteiger partial charge in [0, 0.05) is 42.2 Å². The number of nitrogens with zero attached hydrogens (tertiary/aromatic N) is 2. The summed E-state index contributed by atoms with van der Waals surface area (Å²) in [5.74, 6) is -1.55. The van der Waals surface area contributed by atoms with Gasteiger partial charge in [0.1, 0.15) is 5.56 Å². The largest absolute Gasteiger partial charge is 0.605 e. The van der Waals surface area contributed by atoms with Crippen LogP contribution in [0.5, 0.6) is 0 Å². The van der Waals surface area contributed by atoms with Crippen LogP contribution in [-0.2, 0) is 17.4 Å². The van der Waals surface area contributed by atoms with Crippen molar-refractivity contribution in [3.63, 3.8) is 0 Å². The predicted molar refractivity (Wildman–Crippen MR) is 113 cm³/mol. The lowest BCUT2D eigenvalue weighted by Crippen LogP contribution is -2.33. The number of amides is 2. The van der Waals surface area contributed by atoms with Gasteiger partial charge in [0.2, 0.25) is 10.9 Å². The van der Waals surface area contributed by atoms with Crippen LogP contribution in [0.2, 0.25) is 0 Å². The molecule has 1 atom stereocenters. The van der Waals surface area contributed by atoms with Crippen molar-refractivity contribution in [1.82, 2.24) is 14.9 Å². The molecule has 0 spiro atoms. The van der Waals surface area contributed by atoms with Crippen molar-refractivity contribution in [3.05, 3.63) is 81.4 Å². The van der Waals surface area contributed by atoms with E-state index >= 15 is 0 Å². The third-order valence-electron chi connectivity index (χ3n) is 4.71. The maximum Gasteiger partial charge on any atom is 0.416 e. The zero-order valence-electron chi connectivity index (χ0n) is 17.3. The molecule has 0 aliphatic carbocycles. The summed E-state index contributed by atoms with van der Waals surface area (Å²) in [7, 11) is 1.27. The van der Waals surface area contributed by atoms with E-state index in [-0.39, 0.29) is 26.9 Å². The van der Waals surface area contributed by atoms with Crippen LogP contribution in [0.3, 0.4) is 0 Å². The van der Waals surface area contributed by atoms with E-state index in [0.717, 1.165) is 35.0 Å². The minimum absolute atomic E-state index is 0.0137. The molecule has 1 unspecified atom stereocenters. The highest BCUT2D eigenvalue weighted by atomic mass is 32.2. The second-order valence-electron chi connectivity index (χ2n) is 6.79. The first-order valence-corrected chi connectivity index (χ1v) is 10.4. The normalized spacial score (nSPS) is 12.3. The zero-order valence-corrected chi connectivity index (χ0v) is 18.1. The van der Waals surface area contributed by atoms with E-state index in [2.05, 4.69) is 10.3 Å². The molecule has 2 heterocycles. The van der Waals surface area contributed by atoms with Gasteiger partial charge in [-0.3, -0.25) is 19.0 Å². The minimum atomic E-state index is -4.66. The van der Waals surface area contributed by atoms with Crippen molar-refractivity contribution in [3.8, 4) is 5.69 Å². The smallest absolute Gasteiger partial charge is 0.416 e. The molecule has 3 aromatic rings. The van der Waals surface area contributed by atoms with Crippen molar-refractivity contribution in [2.45, 2.75) is 23.0 Å². The molecule has 2 aromatic heterocycles. The molecule has 8 nitrogen and oxygen atoms in total. The van der Waals surface area contributed by atoms with E-state index in [1.165, 1.54) is 32.2 Å². The molecule has 0 aliphatic rings. The predicted octanol–water partition coefficient (Wildman–Crippen LogP) is 2.18. The van der Waals surface area contributed by atoms with Gasteiger partial charge in [-0.05, 0) is 31.2 Å². The number of carbonyl (C=O) groups is 2. The molecule has 1 aromatic carbocycles. The highest BCUT2D eigenvalue weighted by Crippen LogP contribution is 2.31. The van der Waals surface area contributed by atoms with Crippen LogP contribution < -0.4 is 16.6 Å². The van der Waals surface area contributed by atoms with Gasteiger partial charge >= 0.3 is 6.18 Å². The summed E-state index contributed by atoms with van der Waals surface area (Å²) in [6.07, 6.45) is -3.54. The van der Waals surface area contributed by atoms with Crippen LogP contribution in [-0.4, -0.2) is 33.0 Å². The molecular weight excluding hydrogens is 461 g/mol. The Balaban J connectivity index is 2.25. The monoisotopic (exact) mass is 478 g/mol. The molecule has 3 rings (SSSR count). The Morgan fingerprint density at radius 3 is 2.42 bits per heavy atom. The number of hydrogen-bond acceptors (Lipinski definition) is 5. The summed E-state index contributed by atoms with van der Waals surface area (Å²) >= 11 is -2.05. The maximum atomic E-state index is 13.2. The number of hydrogen-bond donors (Lipinski definition) is 2. The fourth-order valence-electron chi connectivity index (χ4n) is 3.05. The summed E-state index contributed by atoms with van der Waals surface area (Å²) in [5.41, 5.74) is 2.83. The van der Waals surface area contributed by atoms with Gasteiger partial charge < -0.3 is 15.6 Å². The lowest BCUT2D eigenvalue weighted by Gasteiger charge is -2.18. The second-order valence-corrected chi connectivity index (χ2v) is 8.19. The number of benzene rings is 1. The molecular formula is C21H17F3N4O4S. The van der Waals surface area contributed by atoms with Crippen LogP contribution >= 0.6 is 0 Å². The molecule has 0 aliphatic heterocycles. The highest BCUT2D eigenvalue weighted by molar-refractivity contribution is 7.91. The third-order valence-corrected chi connectivity index (χ3v) is 6.15. The molecule has 0 saturated carbocycles. The first-order valence-electron chi connectivity index (χ1n) is 9.29. The van der Waals surface area contributed by atoms with E-state index in [1.54, 1.807) is 0 Å². The minimum Gasteiger partial charge on any atom is -0.605 e. The zero-order chi connectivity index (χ0) is 24.5. The average Bonchev–Trinajstić information content (AvgIpc) is 2.78. The van der Waals surface area contributed by atoms with Gasteiger partial charge in [-0.15, -0.1) is 0 Å². The van der Waals surface area contributed by atoms with Gasteiger partial charge in [0.15, 0.2) is 4.90 Å². The molecule has 2 amide bonds. The van der Waals surface area contributed by atoms with E-state index in [1.807, 2.05) is 0 Å². The Bertz CT molecular complexity index is 1290. The van der Waals surface area contributed by atoms with Gasteiger partial charge in [-0.25, -0.2) is 4.98 Å². The third kappa shape index (κ3) is 4.76. The number of nitrogens with two attached hydrogens (primary N) is 1. The molecule has 0 radical (unpaired) electrons. The fraction of sp³-hybridized carbons (Fsp3) is 0.143. The lowest BCUT2D eigenvalue weighted by atomic mass is 10.1. The highest BCUT2D eigenvalue weighted by Gasteiger charge is 2.32. The molecule has 0 saturated heterocycles. The van der Waals surface area contributed by atoms with Crippen molar-refractivity contribution < 1.29 is 27.3 Å². The van der Waals surface area contributed by atoms with E-state index < -0.39 is 45.9 Å². The Labute approximate surface area is 188 Å². The molecule has 3 N–H and O–H groups in total. The van der Waals surface area contributed by atoms with E-state index in [4.69, 9.17) is 5.73 Å². The van der Waals surface area contributed by atoms with Gasteiger partial charge in [-0.2, -0.15) is 13.2 Å². The number of primary amides is 1. The SMILES string of the molecule is CNC(=O)c1cc([S+]([O-])c2ccc(C(N)=O)cn2)c(C)n(-c2cccc(C(F)(F)F)c2)c1=O. The fourth-order valence-corrected chi connectivity index (χ4v) is 4.20. The van der Waals surface area contributed by atoms with Crippen LogP contribution in [0.25, 0.3) is 5.69 Å². The van der Waals surface area contributed by atoms with Crippen LogP contribution in [0.1, 0.15) is 32.0 Å². The summed E-state index contributed by atoms with van der Waals surface area (Å²) in [4.78, 5) is 40.5. The molecule has 12 heteroatoms. The van der Waals surface area contributed by atoms with E-state index in [0.29, 0.717) is 0 Å². The number of alkyl halides is 3. The Hall–Kier alpha value is -3.64. The van der Waals surface area contributed by atoms with Crippen LogP contribution in [0.4, 0.5) is 13.2 Å². The van der Waals surface area contributed by atoms with Crippen molar-refractivity contribution in [1.29, 1.82) is 0 Å².